The summed E-state index contributed by atoms with van der Waals surface area (Å²) in [4.78, 5) is 0. The largest absolute Gasteiger partial charge is 0.461 e. The van der Waals surface area contributed by atoms with Crippen molar-refractivity contribution in [2.24, 2.45) is 5.73 Å². The second kappa shape index (κ2) is 4.06. The van der Waals surface area contributed by atoms with E-state index in [-0.39, 0.29) is 0 Å². The zero-order chi connectivity index (χ0) is 8.15. The van der Waals surface area contributed by atoms with E-state index in [1.807, 2.05) is 0 Å². The second-order valence-electron chi connectivity index (χ2n) is 1.81. The van der Waals surface area contributed by atoms with Crippen molar-refractivity contribution in [3.05, 3.63) is 35.8 Å². The Morgan fingerprint density at radius 1 is 1.60 bits per heavy atom. The van der Waals surface area contributed by atoms with Gasteiger partial charge in [0.1, 0.15) is 5.76 Å². The van der Waals surface area contributed by atoms with E-state index in [9.17, 15) is 0 Å². The Labute approximate surface area is 66.5 Å². The summed E-state index contributed by atoms with van der Waals surface area (Å²) in [6.45, 7) is 8.78. The Balaban J connectivity index is 3.99. The fraction of sp³-hybridized carbons (Fsp3) is 0.143. The smallest absolute Gasteiger partial charge is 0.143 e. The van der Waals surface area contributed by atoms with Gasteiger partial charge in [0.15, 0.2) is 0 Å². The summed E-state index contributed by atoms with van der Waals surface area (Å²) in [5.41, 5.74) is 5.79. The number of rotatable bonds is 3. The van der Waals surface area contributed by atoms with Crippen molar-refractivity contribution >= 4 is 12.6 Å². The van der Waals surface area contributed by atoms with Crippen molar-refractivity contribution in [3.8, 4) is 0 Å². The maximum Gasteiger partial charge on any atom is 0.143 e. The quantitative estimate of drug-likeness (QED) is 0.372. The summed E-state index contributed by atoms with van der Waals surface area (Å²) in [5, 5.41) is 1.42. The van der Waals surface area contributed by atoms with Crippen LogP contribution in [-0.2, 0) is 4.74 Å². The van der Waals surface area contributed by atoms with E-state index in [0.29, 0.717) is 17.2 Å². The molecule has 0 aromatic carbocycles. The molecule has 0 aromatic rings. The maximum atomic E-state index is 5.38. The summed E-state index contributed by atoms with van der Waals surface area (Å²) in [6.07, 6.45) is 0. The second-order valence-corrected chi connectivity index (χ2v) is 2.07. The van der Waals surface area contributed by atoms with Gasteiger partial charge in [0, 0.05) is 0 Å². The Bertz CT molecular complexity index is 184. The third kappa shape index (κ3) is 3.25. The third-order valence-corrected chi connectivity index (χ3v) is 1.04. The van der Waals surface area contributed by atoms with E-state index in [2.05, 4.69) is 25.8 Å². The summed E-state index contributed by atoms with van der Waals surface area (Å²) < 4.78 is 4.97. The molecule has 0 saturated carbocycles. The van der Waals surface area contributed by atoms with Gasteiger partial charge in [-0.15, -0.1) is 12.6 Å². The molecule has 0 saturated heterocycles. The summed E-state index contributed by atoms with van der Waals surface area (Å²) in [7, 11) is 0. The molecule has 2 N–H and O–H groups in total. The molecule has 0 spiro atoms. The van der Waals surface area contributed by atoms with Crippen LogP contribution in [-0.4, -0.2) is 0 Å². The fourth-order valence-corrected chi connectivity index (χ4v) is 0.485. The van der Waals surface area contributed by atoms with E-state index in [0.717, 1.165) is 0 Å². The molecule has 56 valence electrons. The topological polar surface area (TPSA) is 35.2 Å². The third-order valence-electron chi connectivity index (χ3n) is 0.758. The Morgan fingerprint density at radius 3 is 2.40 bits per heavy atom. The van der Waals surface area contributed by atoms with Crippen LogP contribution < -0.4 is 5.73 Å². The van der Waals surface area contributed by atoms with Crippen LogP contribution in [0, 0.1) is 0 Å². The molecule has 0 fully saturated rings. The lowest BCUT2D eigenvalue weighted by Gasteiger charge is -2.06. The summed E-state index contributed by atoms with van der Waals surface area (Å²) in [5.74, 6) is 0.936. The number of hydrogen-bond acceptors (Lipinski definition) is 3. The van der Waals surface area contributed by atoms with Gasteiger partial charge in [0.05, 0.1) is 11.5 Å². The molecule has 0 aromatic heterocycles. The summed E-state index contributed by atoms with van der Waals surface area (Å²) >= 11 is 3.82. The SMILES string of the molecule is C=C(C)OC(=C)/C(N)=C/S. The van der Waals surface area contributed by atoms with Crippen LogP contribution in [0.3, 0.4) is 0 Å². The number of allylic oxidation sites excluding steroid dienone is 1. The molecular weight excluding hydrogens is 146 g/mol. The number of hydrogen-bond donors (Lipinski definition) is 2. The minimum Gasteiger partial charge on any atom is -0.461 e. The average Bonchev–Trinajstić information content (AvgIpc) is 1.85. The van der Waals surface area contributed by atoms with Crippen molar-refractivity contribution in [2.45, 2.75) is 6.92 Å². The standard InChI is InChI=1S/C7H11NOS/c1-5(2)9-6(3)7(8)4-10/h4,10H,1,3,8H2,2H3/b7-4-. The van der Waals surface area contributed by atoms with Crippen molar-refractivity contribution in [1.29, 1.82) is 0 Å². The van der Waals surface area contributed by atoms with Gasteiger partial charge in [-0.25, -0.2) is 0 Å². The van der Waals surface area contributed by atoms with Crippen LogP contribution in [0.25, 0.3) is 0 Å². The molecule has 0 heterocycles. The van der Waals surface area contributed by atoms with Crippen LogP contribution in [0.1, 0.15) is 6.92 Å². The maximum absolute atomic E-state index is 5.38. The Morgan fingerprint density at radius 2 is 2.10 bits per heavy atom. The van der Waals surface area contributed by atoms with Crippen LogP contribution in [0.5, 0.6) is 0 Å². The van der Waals surface area contributed by atoms with Crippen LogP contribution in [0.4, 0.5) is 0 Å². The lowest BCUT2D eigenvalue weighted by molar-refractivity contribution is 0.319. The van der Waals surface area contributed by atoms with Crippen molar-refractivity contribution in [2.75, 3.05) is 0 Å². The molecule has 0 radical (unpaired) electrons. The van der Waals surface area contributed by atoms with Crippen molar-refractivity contribution in [3.63, 3.8) is 0 Å². The first-order chi connectivity index (χ1) is 4.57. The van der Waals surface area contributed by atoms with Gasteiger partial charge in [-0.05, 0) is 12.3 Å². The predicted octanol–water partition coefficient (Wildman–Crippen LogP) is 1.78. The zero-order valence-electron chi connectivity index (χ0n) is 5.92. The molecule has 0 bridgehead atoms. The Kier molecular flexibility index (Phi) is 3.72. The highest BCUT2D eigenvalue weighted by Gasteiger charge is 1.96. The number of thiol groups is 1. The van der Waals surface area contributed by atoms with Gasteiger partial charge >= 0.3 is 0 Å². The highest BCUT2D eigenvalue weighted by Crippen LogP contribution is 2.07. The molecule has 0 atom stereocenters. The molecule has 0 aliphatic carbocycles. The molecule has 0 unspecified atom stereocenters. The van der Waals surface area contributed by atoms with Crippen molar-refractivity contribution < 1.29 is 4.74 Å². The van der Waals surface area contributed by atoms with Gasteiger partial charge in [0.25, 0.3) is 0 Å². The molecule has 0 aliphatic heterocycles. The molecule has 10 heavy (non-hydrogen) atoms. The highest BCUT2D eigenvalue weighted by atomic mass is 32.1. The molecule has 2 nitrogen and oxygen atoms in total. The van der Waals surface area contributed by atoms with Crippen molar-refractivity contribution in [1.82, 2.24) is 0 Å². The zero-order valence-corrected chi connectivity index (χ0v) is 6.82. The molecular formula is C7H11NOS. The molecule has 0 rings (SSSR count). The van der Waals surface area contributed by atoms with Gasteiger partial charge in [-0.3, -0.25) is 0 Å². The van der Waals surface area contributed by atoms with E-state index in [1.165, 1.54) is 5.41 Å². The lowest BCUT2D eigenvalue weighted by atomic mass is 10.4. The first kappa shape index (κ1) is 9.17. The molecule has 3 heteroatoms. The minimum atomic E-state index is 0.377. The Hall–Kier alpha value is -0.830. The lowest BCUT2D eigenvalue weighted by Crippen LogP contribution is -2.01. The van der Waals surface area contributed by atoms with Crippen LogP contribution >= 0.6 is 12.6 Å². The fourth-order valence-electron chi connectivity index (χ4n) is 0.341. The van der Waals surface area contributed by atoms with E-state index >= 15 is 0 Å². The van der Waals surface area contributed by atoms with Gasteiger partial charge in [-0.1, -0.05) is 13.2 Å². The number of ether oxygens (including phenoxy) is 1. The highest BCUT2D eigenvalue weighted by molar-refractivity contribution is 7.83. The van der Waals surface area contributed by atoms with E-state index < -0.39 is 0 Å². The van der Waals surface area contributed by atoms with E-state index in [4.69, 9.17) is 10.5 Å². The first-order valence-corrected chi connectivity index (χ1v) is 3.22. The number of nitrogens with two attached hydrogens (primary N) is 1. The predicted molar refractivity (Wildman–Crippen MR) is 46.3 cm³/mol. The average molecular weight is 157 g/mol. The monoisotopic (exact) mass is 157 g/mol. The van der Waals surface area contributed by atoms with E-state index in [1.54, 1.807) is 6.92 Å². The van der Waals surface area contributed by atoms with Gasteiger partial charge < -0.3 is 10.5 Å². The first-order valence-electron chi connectivity index (χ1n) is 2.70. The minimum absolute atomic E-state index is 0.377. The molecule has 0 aliphatic rings. The van der Waals surface area contributed by atoms with Crippen LogP contribution in [0.2, 0.25) is 0 Å². The van der Waals surface area contributed by atoms with Crippen LogP contribution in [0.15, 0.2) is 35.8 Å². The van der Waals surface area contributed by atoms with Gasteiger partial charge in [0.2, 0.25) is 0 Å². The summed E-state index contributed by atoms with van der Waals surface area (Å²) in [6, 6.07) is 0. The normalized spacial score (nSPS) is 10.8. The van der Waals surface area contributed by atoms with Gasteiger partial charge in [-0.2, -0.15) is 0 Å². The molecule has 0 amide bonds.